The second-order valence-corrected chi connectivity index (χ2v) is 7.67. The van der Waals surface area contributed by atoms with Gasteiger partial charge >= 0.3 is 6.03 Å². The van der Waals surface area contributed by atoms with Crippen molar-refractivity contribution in [2.75, 3.05) is 6.54 Å². The number of carbonyl (C=O) groups excluding carboxylic acids is 3. The molecule has 7 N–H and O–H groups in total. The first-order chi connectivity index (χ1) is 14.3. The number of aromatic nitrogens is 2. The van der Waals surface area contributed by atoms with Crippen LogP contribution in [-0.2, 0) is 16.0 Å². The number of unbranched alkanes of at least 4 members (excludes halogenated alkanes) is 1. The van der Waals surface area contributed by atoms with E-state index in [1.54, 1.807) is 0 Å². The van der Waals surface area contributed by atoms with Crippen molar-refractivity contribution in [3.63, 3.8) is 0 Å². The minimum atomic E-state index is -0.767. The summed E-state index contributed by atoms with van der Waals surface area (Å²) in [4.78, 5) is 54.1. The minimum Gasteiger partial charge on any atom is -0.493 e. The number of hydrogen-bond acceptors (Lipinski definition) is 6. The summed E-state index contributed by atoms with van der Waals surface area (Å²) in [6, 6.07) is -1.50. The number of hydrogen-bond donors (Lipinski definition) is 6. The molecule has 0 aromatic carbocycles. The zero-order valence-electron chi connectivity index (χ0n) is 17.1. The average molecular weight is 422 g/mol. The molecular formula is C19H30N6O5. The Labute approximate surface area is 174 Å². The van der Waals surface area contributed by atoms with Crippen molar-refractivity contribution in [1.82, 2.24) is 25.9 Å². The number of amides is 4. The third-order valence-electron chi connectivity index (χ3n) is 5.31. The molecule has 11 nitrogen and oxygen atoms in total. The summed E-state index contributed by atoms with van der Waals surface area (Å²) in [6.07, 6.45) is 5.91. The SMILES string of the molecule is CCCCC(NC(N)=O)C(=O)NCC1(NC(=O)Cc2c(O)nc[nH]c2=O)CCCC1. The van der Waals surface area contributed by atoms with E-state index in [-0.39, 0.29) is 24.4 Å². The Morgan fingerprint density at radius 1 is 1.33 bits per heavy atom. The topological polar surface area (TPSA) is 179 Å². The largest absolute Gasteiger partial charge is 0.493 e. The second kappa shape index (κ2) is 10.6. The summed E-state index contributed by atoms with van der Waals surface area (Å²) in [6.45, 7) is 2.17. The van der Waals surface area contributed by atoms with Crippen LogP contribution in [0.2, 0.25) is 0 Å². The third-order valence-corrected chi connectivity index (χ3v) is 5.31. The summed E-state index contributed by atoms with van der Waals surface area (Å²) >= 11 is 0. The van der Waals surface area contributed by atoms with Gasteiger partial charge in [-0.15, -0.1) is 0 Å². The van der Waals surface area contributed by atoms with E-state index in [0.29, 0.717) is 19.3 Å². The molecule has 0 radical (unpaired) electrons. The van der Waals surface area contributed by atoms with E-state index in [0.717, 1.165) is 32.0 Å². The number of aromatic amines is 1. The first kappa shape index (κ1) is 23.2. The van der Waals surface area contributed by atoms with Gasteiger partial charge in [-0.05, 0) is 19.3 Å². The van der Waals surface area contributed by atoms with Crippen LogP contribution in [0.3, 0.4) is 0 Å². The minimum absolute atomic E-state index is 0.113. The van der Waals surface area contributed by atoms with Crippen LogP contribution >= 0.6 is 0 Å². The lowest BCUT2D eigenvalue weighted by molar-refractivity contribution is -0.125. The zero-order chi connectivity index (χ0) is 22.1. The number of primary amides is 1. The first-order valence-electron chi connectivity index (χ1n) is 10.2. The van der Waals surface area contributed by atoms with E-state index in [9.17, 15) is 24.3 Å². The lowest BCUT2D eigenvalue weighted by atomic mass is 9.96. The monoisotopic (exact) mass is 422 g/mol. The smallest absolute Gasteiger partial charge is 0.312 e. The molecule has 1 saturated carbocycles. The number of H-pyrrole nitrogens is 1. The summed E-state index contributed by atoms with van der Waals surface area (Å²) in [7, 11) is 0. The fraction of sp³-hybridized carbons (Fsp3) is 0.632. The molecule has 166 valence electrons. The number of aromatic hydroxyl groups is 1. The Kier molecular flexibility index (Phi) is 8.19. The van der Waals surface area contributed by atoms with Gasteiger partial charge in [0, 0.05) is 6.54 Å². The molecule has 0 bridgehead atoms. The van der Waals surface area contributed by atoms with Crippen LogP contribution in [0.1, 0.15) is 57.4 Å². The van der Waals surface area contributed by atoms with E-state index < -0.39 is 35.0 Å². The van der Waals surface area contributed by atoms with Gasteiger partial charge in [0.1, 0.15) is 6.04 Å². The Hall–Kier alpha value is -3.11. The number of nitrogens with zero attached hydrogens (tertiary/aromatic N) is 1. The Bertz CT molecular complexity index is 818. The zero-order valence-corrected chi connectivity index (χ0v) is 17.1. The van der Waals surface area contributed by atoms with Crippen LogP contribution in [0.5, 0.6) is 5.88 Å². The van der Waals surface area contributed by atoms with Gasteiger partial charge < -0.3 is 31.8 Å². The summed E-state index contributed by atoms with van der Waals surface area (Å²) in [5, 5.41) is 17.9. The highest BCUT2D eigenvalue weighted by molar-refractivity contribution is 5.86. The van der Waals surface area contributed by atoms with Gasteiger partial charge in [0.15, 0.2) is 0 Å². The van der Waals surface area contributed by atoms with Gasteiger partial charge in [0.2, 0.25) is 17.7 Å². The molecule has 0 saturated heterocycles. The normalized spacial score (nSPS) is 15.9. The quantitative estimate of drug-likeness (QED) is 0.303. The van der Waals surface area contributed by atoms with Gasteiger partial charge in [-0.2, -0.15) is 0 Å². The number of nitrogens with two attached hydrogens (primary N) is 1. The van der Waals surface area contributed by atoms with Gasteiger partial charge in [0.25, 0.3) is 5.56 Å². The maximum Gasteiger partial charge on any atom is 0.312 e. The molecular weight excluding hydrogens is 392 g/mol. The lowest BCUT2D eigenvalue weighted by Crippen LogP contribution is -2.57. The van der Waals surface area contributed by atoms with Crippen molar-refractivity contribution in [3.8, 4) is 5.88 Å². The molecule has 1 unspecified atom stereocenters. The van der Waals surface area contributed by atoms with Crippen LogP contribution in [0.4, 0.5) is 4.79 Å². The maximum absolute atomic E-state index is 12.6. The highest BCUT2D eigenvalue weighted by Gasteiger charge is 2.36. The number of rotatable bonds is 10. The van der Waals surface area contributed by atoms with Crippen molar-refractivity contribution in [2.45, 2.75) is 69.9 Å². The maximum atomic E-state index is 12.6. The third kappa shape index (κ3) is 6.46. The van der Waals surface area contributed by atoms with Crippen molar-refractivity contribution in [2.24, 2.45) is 5.73 Å². The van der Waals surface area contributed by atoms with Gasteiger partial charge in [0.05, 0.1) is 23.9 Å². The fourth-order valence-electron chi connectivity index (χ4n) is 3.70. The van der Waals surface area contributed by atoms with E-state index >= 15 is 0 Å². The van der Waals surface area contributed by atoms with E-state index in [2.05, 4.69) is 25.9 Å². The van der Waals surface area contributed by atoms with Crippen molar-refractivity contribution in [1.29, 1.82) is 0 Å². The molecule has 11 heteroatoms. The van der Waals surface area contributed by atoms with Crippen molar-refractivity contribution in [3.05, 3.63) is 22.2 Å². The number of carbonyl (C=O) groups is 3. The Morgan fingerprint density at radius 2 is 2.03 bits per heavy atom. The summed E-state index contributed by atoms with van der Waals surface area (Å²) in [5.74, 6) is -1.29. The first-order valence-corrected chi connectivity index (χ1v) is 10.2. The van der Waals surface area contributed by atoms with Gasteiger partial charge in [-0.25, -0.2) is 9.78 Å². The lowest BCUT2D eigenvalue weighted by Gasteiger charge is -2.31. The molecule has 30 heavy (non-hydrogen) atoms. The van der Waals surface area contributed by atoms with Crippen LogP contribution in [-0.4, -0.2) is 51.0 Å². The molecule has 0 spiro atoms. The summed E-state index contributed by atoms with van der Waals surface area (Å²) in [5.41, 5.74) is 3.82. The van der Waals surface area contributed by atoms with Gasteiger partial charge in [-0.1, -0.05) is 32.6 Å². The Morgan fingerprint density at radius 3 is 2.63 bits per heavy atom. The van der Waals surface area contributed by atoms with Crippen LogP contribution in [0, 0.1) is 0 Å². The molecule has 1 heterocycles. The second-order valence-electron chi connectivity index (χ2n) is 7.67. The average Bonchev–Trinajstić information content (AvgIpc) is 3.14. The molecule has 2 rings (SSSR count). The van der Waals surface area contributed by atoms with E-state index in [1.807, 2.05) is 6.92 Å². The molecule has 1 aromatic heterocycles. The molecule has 4 amide bonds. The van der Waals surface area contributed by atoms with E-state index in [1.165, 1.54) is 0 Å². The summed E-state index contributed by atoms with van der Waals surface area (Å²) < 4.78 is 0. The predicted octanol–water partition coefficient (Wildman–Crippen LogP) is -0.210. The van der Waals surface area contributed by atoms with Crippen molar-refractivity contribution >= 4 is 17.8 Å². The molecule has 0 aliphatic heterocycles. The molecule has 1 atom stereocenters. The van der Waals surface area contributed by atoms with Crippen molar-refractivity contribution < 1.29 is 19.5 Å². The van der Waals surface area contributed by atoms with E-state index in [4.69, 9.17) is 5.73 Å². The molecule has 1 aromatic rings. The number of urea groups is 1. The molecule has 1 aliphatic carbocycles. The van der Waals surface area contributed by atoms with Crippen LogP contribution in [0.15, 0.2) is 11.1 Å². The van der Waals surface area contributed by atoms with Crippen LogP contribution < -0.4 is 27.2 Å². The highest BCUT2D eigenvalue weighted by atomic mass is 16.3. The predicted molar refractivity (Wildman–Crippen MR) is 109 cm³/mol. The number of nitrogens with one attached hydrogen (secondary N) is 4. The fourth-order valence-corrected chi connectivity index (χ4v) is 3.70. The standard InChI is InChI=1S/C19H30N6O5/c1-2-3-6-13(24-18(20)30)17(29)21-10-19(7-4-5-8-19)25-14(26)9-12-15(27)22-11-23-16(12)28/h11,13H,2-10H2,1H3,(H,21,29)(H,25,26)(H3,20,24,30)(H2,22,23,27,28). The molecule has 1 aliphatic rings. The molecule has 1 fully saturated rings. The van der Waals surface area contributed by atoms with Crippen LogP contribution in [0.25, 0.3) is 0 Å². The van der Waals surface area contributed by atoms with Gasteiger partial charge in [-0.3, -0.25) is 14.4 Å². The Balaban J connectivity index is 2.01. The highest BCUT2D eigenvalue weighted by Crippen LogP contribution is 2.29.